The van der Waals surface area contributed by atoms with Crippen LogP contribution in [0.4, 0.5) is 5.69 Å². The van der Waals surface area contributed by atoms with Gasteiger partial charge in [-0.3, -0.25) is 4.79 Å². The van der Waals surface area contributed by atoms with Gasteiger partial charge in [0.25, 0.3) is 0 Å². The Hall–Kier alpha value is -0.860. The molecule has 1 amide bonds. The van der Waals surface area contributed by atoms with Crippen molar-refractivity contribution in [2.24, 2.45) is 0 Å². The minimum absolute atomic E-state index is 0. The predicted molar refractivity (Wildman–Crippen MR) is 103 cm³/mol. The first-order chi connectivity index (χ1) is 11.4. The SMILES string of the molecule is CCN(CC)S(=O)(=O)c1cc(NC(=O)C2CCCCN2)ccc1Cl.Cl. The molecule has 1 aliphatic rings. The highest BCUT2D eigenvalue weighted by atomic mass is 35.5. The van der Waals surface area contributed by atoms with Gasteiger partial charge in [-0.25, -0.2) is 8.42 Å². The van der Waals surface area contributed by atoms with Gasteiger partial charge in [0.15, 0.2) is 0 Å². The minimum atomic E-state index is -3.68. The highest BCUT2D eigenvalue weighted by molar-refractivity contribution is 7.89. The van der Waals surface area contributed by atoms with Crippen molar-refractivity contribution in [1.29, 1.82) is 0 Å². The van der Waals surface area contributed by atoms with Crippen LogP contribution in [0, 0.1) is 0 Å². The Labute approximate surface area is 160 Å². The number of nitrogens with one attached hydrogen (secondary N) is 2. The largest absolute Gasteiger partial charge is 0.325 e. The first kappa shape index (κ1) is 22.2. The number of amides is 1. The van der Waals surface area contributed by atoms with Crippen LogP contribution >= 0.6 is 24.0 Å². The number of halogens is 2. The number of carbonyl (C=O) groups is 1. The van der Waals surface area contributed by atoms with Crippen molar-refractivity contribution >= 4 is 45.6 Å². The number of hydrogen-bond acceptors (Lipinski definition) is 4. The van der Waals surface area contributed by atoms with E-state index in [1.165, 1.54) is 16.4 Å². The zero-order valence-corrected chi connectivity index (χ0v) is 16.8. The van der Waals surface area contributed by atoms with Crippen molar-refractivity contribution in [3.8, 4) is 0 Å². The maximum atomic E-state index is 12.7. The smallest absolute Gasteiger partial charge is 0.244 e. The maximum absolute atomic E-state index is 12.7. The Morgan fingerprint density at radius 1 is 1.32 bits per heavy atom. The molecule has 1 aromatic rings. The van der Waals surface area contributed by atoms with Gasteiger partial charge in [0.1, 0.15) is 4.90 Å². The van der Waals surface area contributed by atoms with E-state index in [4.69, 9.17) is 11.6 Å². The molecule has 142 valence electrons. The summed E-state index contributed by atoms with van der Waals surface area (Å²) in [5.74, 6) is -0.150. The van der Waals surface area contributed by atoms with E-state index in [0.717, 1.165) is 25.8 Å². The van der Waals surface area contributed by atoms with Crippen LogP contribution in [0.5, 0.6) is 0 Å². The van der Waals surface area contributed by atoms with Crippen LogP contribution in [0.3, 0.4) is 0 Å². The van der Waals surface area contributed by atoms with Gasteiger partial charge in [0.05, 0.1) is 11.1 Å². The summed E-state index contributed by atoms with van der Waals surface area (Å²) in [7, 11) is -3.68. The summed E-state index contributed by atoms with van der Waals surface area (Å²) < 4.78 is 26.7. The molecule has 0 aromatic heterocycles. The molecule has 1 saturated heterocycles. The molecule has 0 spiro atoms. The molecule has 0 saturated carbocycles. The third-order valence-corrected chi connectivity index (χ3v) is 6.68. The molecule has 0 aliphatic carbocycles. The lowest BCUT2D eigenvalue weighted by Crippen LogP contribution is -2.43. The van der Waals surface area contributed by atoms with Gasteiger partial charge < -0.3 is 10.6 Å². The van der Waals surface area contributed by atoms with Crippen LogP contribution in [-0.4, -0.2) is 44.3 Å². The van der Waals surface area contributed by atoms with Gasteiger partial charge in [-0.15, -0.1) is 12.4 Å². The number of anilines is 1. The minimum Gasteiger partial charge on any atom is -0.325 e. The van der Waals surface area contributed by atoms with Gasteiger partial charge in [-0.1, -0.05) is 31.9 Å². The molecular weight excluding hydrogens is 385 g/mol. The summed E-state index contributed by atoms with van der Waals surface area (Å²) >= 11 is 6.09. The third-order valence-electron chi connectivity index (χ3n) is 4.15. The normalized spacial score (nSPS) is 17.8. The van der Waals surface area contributed by atoms with Crippen LogP contribution in [-0.2, 0) is 14.8 Å². The van der Waals surface area contributed by atoms with Crippen molar-refractivity contribution < 1.29 is 13.2 Å². The number of carbonyl (C=O) groups excluding carboxylic acids is 1. The molecule has 1 aliphatic heterocycles. The second-order valence-corrected chi connectivity index (χ2v) is 8.04. The first-order valence-electron chi connectivity index (χ1n) is 8.24. The van der Waals surface area contributed by atoms with E-state index in [0.29, 0.717) is 18.8 Å². The molecule has 1 heterocycles. The second-order valence-electron chi connectivity index (χ2n) is 5.73. The van der Waals surface area contributed by atoms with Gasteiger partial charge in [-0.2, -0.15) is 4.31 Å². The van der Waals surface area contributed by atoms with Crippen LogP contribution in [0.1, 0.15) is 33.1 Å². The van der Waals surface area contributed by atoms with Crippen molar-refractivity contribution in [3.05, 3.63) is 23.2 Å². The van der Waals surface area contributed by atoms with E-state index in [-0.39, 0.29) is 34.3 Å². The summed E-state index contributed by atoms with van der Waals surface area (Å²) in [6, 6.07) is 4.31. The Morgan fingerprint density at radius 2 is 2.00 bits per heavy atom. The second kappa shape index (κ2) is 9.73. The van der Waals surface area contributed by atoms with Gasteiger partial charge in [-0.05, 0) is 37.6 Å². The molecule has 1 atom stereocenters. The Kier molecular flexibility index (Phi) is 8.63. The quantitative estimate of drug-likeness (QED) is 0.756. The molecule has 0 bridgehead atoms. The molecule has 6 nitrogen and oxygen atoms in total. The average Bonchev–Trinajstić information content (AvgIpc) is 2.58. The molecule has 0 radical (unpaired) electrons. The first-order valence-corrected chi connectivity index (χ1v) is 10.1. The van der Waals surface area contributed by atoms with E-state index in [1.807, 2.05) is 0 Å². The summed E-state index contributed by atoms with van der Waals surface area (Å²) in [5, 5.41) is 6.10. The highest BCUT2D eigenvalue weighted by Gasteiger charge is 2.26. The number of piperidine rings is 1. The monoisotopic (exact) mass is 409 g/mol. The molecule has 1 aromatic carbocycles. The molecule has 1 unspecified atom stereocenters. The maximum Gasteiger partial charge on any atom is 0.244 e. The molecule has 2 N–H and O–H groups in total. The number of nitrogens with zero attached hydrogens (tertiary/aromatic N) is 1. The highest BCUT2D eigenvalue weighted by Crippen LogP contribution is 2.28. The molecule has 1 fully saturated rings. The lowest BCUT2D eigenvalue weighted by Gasteiger charge is -2.23. The van der Waals surface area contributed by atoms with Crippen molar-refractivity contribution in [2.45, 2.75) is 44.0 Å². The summed E-state index contributed by atoms with van der Waals surface area (Å²) in [5.41, 5.74) is 0.433. The summed E-state index contributed by atoms with van der Waals surface area (Å²) in [6.45, 7) is 5.08. The molecular formula is C16H25Cl2N3O3S. The van der Waals surface area contributed by atoms with Gasteiger partial charge >= 0.3 is 0 Å². The van der Waals surface area contributed by atoms with Crippen LogP contribution in [0.2, 0.25) is 5.02 Å². The van der Waals surface area contributed by atoms with E-state index in [9.17, 15) is 13.2 Å². The summed E-state index contributed by atoms with van der Waals surface area (Å²) in [6.07, 6.45) is 2.86. The van der Waals surface area contributed by atoms with E-state index in [2.05, 4.69) is 10.6 Å². The van der Waals surface area contributed by atoms with E-state index >= 15 is 0 Å². The molecule has 25 heavy (non-hydrogen) atoms. The Morgan fingerprint density at radius 3 is 2.56 bits per heavy atom. The number of rotatable bonds is 6. The van der Waals surface area contributed by atoms with Gasteiger partial charge in [0, 0.05) is 18.8 Å². The zero-order chi connectivity index (χ0) is 17.7. The molecule has 9 heteroatoms. The Bertz CT molecular complexity index is 688. The van der Waals surface area contributed by atoms with Crippen LogP contribution in [0.15, 0.2) is 23.1 Å². The average molecular weight is 410 g/mol. The van der Waals surface area contributed by atoms with Crippen LogP contribution in [0.25, 0.3) is 0 Å². The number of sulfonamides is 1. The lowest BCUT2D eigenvalue weighted by molar-refractivity contribution is -0.118. The number of hydrogen-bond donors (Lipinski definition) is 2. The van der Waals surface area contributed by atoms with Gasteiger partial charge in [0.2, 0.25) is 15.9 Å². The summed E-state index contributed by atoms with van der Waals surface area (Å²) in [4.78, 5) is 12.3. The predicted octanol–water partition coefficient (Wildman–Crippen LogP) is 2.87. The fraction of sp³-hybridized carbons (Fsp3) is 0.562. The van der Waals surface area contributed by atoms with Crippen molar-refractivity contribution in [1.82, 2.24) is 9.62 Å². The molecule has 2 rings (SSSR count). The lowest BCUT2D eigenvalue weighted by atomic mass is 10.0. The van der Waals surface area contributed by atoms with E-state index < -0.39 is 10.0 Å². The van der Waals surface area contributed by atoms with E-state index in [1.54, 1.807) is 19.9 Å². The standard InChI is InChI=1S/C16H24ClN3O3S.ClH/c1-3-20(4-2)24(22,23)15-11-12(8-9-13(15)17)19-16(21)14-7-5-6-10-18-14;/h8-9,11,14,18H,3-7,10H2,1-2H3,(H,19,21);1H. The van der Waals surface area contributed by atoms with Crippen LogP contribution < -0.4 is 10.6 Å². The van der Waals surface area contributed by atoms with Crippen molar-refractivity contribution in [3.63, 3.8) is 0 Å². The fourth-order valence-corrected chi connectivity index (χ4v) is 4.74. The zero-order valence-electron chi connectivity index (χ0n) is 14.4. The Balaban J connectivity index is 0.00000312. The van der Waals surface area contributed by atoms with Crippen molar-refractivity contribution in [2.75, 3.05) is 25.0 Å². The third kappa shape index (κ3) is 5.31. The number of benzene rings is 1. The fourth-order valence-electron chi connectivity index (χ4n) is 2.79. The topological polar surface area (TPSA) is 78.5 Å².